The first-order chi connectivity index (χ1) is 4.04. The predicted octanol–water partition coefficient (Wildman–Crippen LogP) is -0.458. The zero-order valence-corrected chi connectivity index (χ0v) is 10.7. The van der Waals surface area contributed by atoms with Crippen LogP contribution >= 0.6 is 0 Å². The summed E-state index contributed by atoms with van der Waals surface area (Å²) in [4.78, 5) is 0. The molecular weight excluding hydrogens is 142 g/mol. The van der Waals surface area contributed by atoms with Gasteiger partial charge in [0.15, 0.2) is 0 Å². The van der Waals surface area contributed by atoms with Gasteiger partial charge in [0.2, 0.25) is 0 Å². The molecule has 0 bridgehead atoms. The summed E-state index contributed by atoms with van der Waals surface area (Å²) in [6.45, 7) is 6.92. The van der Waals surface area contributed by atoms with E-state index in [1.807, 2.05) is 0 Å². The van der Waals surface area contributed by atoms with Gasteiger partial charge < -0.3 is 4.57 Å². The van der Waals surface area contributed by atoms with Crippen LogP contribution in [0, 0.1) is 0 Å². The second-order valence-electron chi connectivity index (χ2n) is 3.43. The minimum Gasteiger partial charge on any atom is -0.330 e. The van der Waals surface area contributed by atoms with Crippen LogP contribution in [0.2, 0.25) is 5.16 Å². The second kappa shape index (κ2) is 4.25. The van der Waals surface area contributed by atoms with Crippen LogP contribution in [0.25, 0.3) is 0 Å². The Balaban J connectivity index is 3.38. The monoisotopic (exact) mass is 161 g/mol. The van der Waals surface area contributed by atoms with Crippen molar-refractivity contribution in [2.24, 2.45) is 0 Å². The van der Waals surface area contributed by atoms with E-state index >= 15 is 0 Å². The maximum atomic E-state index is 2.54. The van der Waals surface area contributed by atoms with Gasteiger partial charge in [0, 0.05) is 10.2 Å². The van der Waals surface area contributed by atoms with Crippen molar-refractivity contribution in [1.29, 1.82) is 0 Å². The molecule has 0 aromatic rings. The highest BCUT2D eigenvalue weighted by molar-refractivity contribution is 6.47. The van der Waals surface area contributed by atoms with Gasteiger partial charge in [0.1, 0.15) is 0 Å². The van der Waals surface area contributed by atoms with Crippen molar-refractivity contribution in [3.63, 3.8) is 0 Å². The Morgan fingerprint density at radius 2 is 1.78 bits per heavy atom. The molecule has 3 heteroatoms. The number of hydrogen-bond acceptors (Lipinski definition) is 1. The summed E-state index contributed by atoms with van der Waals surface area (Å²) in [5, 5.41) is 1.07. The maximum Gasteiger partial charge on any atom is 0.0944 e. The molecule has 0 aliphatic rings. The third-order valence-corrected chi connectivity index (χ3v) is 4.67. The molecule has 0 heterocycles. The topological polar surface area (TPSA) is 3.24 Å². The Bertz CT molecular complexity index is 73.5. The van der Waals surface area contributed by atoms with Crippen molar-refractivity contribution in [1.82, 2.24) is 4.57 Å². The molecule has 0 N–H and O–H groups in total. The van der Waals surface area contributed by atoms with E-state index in [0.29, 0.717) is 0 Å². The maximum absolute atomic E-state index is 2.54. The van der Waals surface area contributed by atoms with Gasteiger partial charge in [-0.15, -0.1) is 0 Å². The van der Waals surface area contributed by atoms with Crippen LogP contribution in [0.3, 0.4) is 0 Å². The lowest BCUT2D eigenvalue weighted by atomic mass is 10.4. The summed E-state index contributed by atoms with van der Waals surface area (Å²) in [7, 11) is 3.76. The highest BCUT2D eigenvalue weighted by atomic mass is 28.3. The lowest BCUT2D eigenvalue weighted by Crippen LogP contribution is -2.32. The van der Waals surface area contributed by atoms with Crippen molar-refractivity contribution >= 4 is 19.9 Å². The fraction of sp³-hybridized carbons (Fsp3) is 1.00. The fourth-order valence-electron chi connectivity index (χ4n) is 0.787. The second-order valence-corrected chi connectivity index (χ2v) is 10.0. The Morgan fingerprint density at radius 1 is 1.33 bits per heavy atom. The zero-order valence-electron chi connectivity index (χ0n) is 7.31. The molecule has 0 amide bonds. The summed E-state index contributed by atoms with van der Waals surface area (Å²) < 4.78 is 2.54. The van der Waals surface area contributed by atoms with Crippen LogP contribution in [0.1, 0.15) is 20.8 Å². The standard InChI is InChI=1S/C6H19NSi2/c1-5(2)7(4)9-6(3)8/h5-6H,9H2,1-4,8H3. The van der Waals surface area contributed by atoms with Gasteiger partial charge in [-0.1, -0.05) is 25.9 Å². The van der Waals surface area contributed by atoms with Crippen LogP contribution in [-0.2, 0) is 0 Å². The summed E-state index contributed by atoms with van der Waals surface area (Å²) in [6.07, 6.45) is 0. The first-order valence-electron chi connectivity index (χ1n) is 3.74. The number of rotatable bonds is 3. The first-order valence-corrected chi connectivity index (χ1v) is 6.34. The molecule has 0 aliphatic carbocycles. The van der Waals surface area contributed by atoms with Gasteiger partial charge >= 0.3 is 0 Å². The highest BCUT2D eigenvalue weighted by Crippen LogP contribution is 1.98. The Morgan fingerprint density at radius 3 is 1.89 bits per heavy atom. The molecule has 0 aromatic carbocycles. The smallest absolute Gasteiger partial charge is 0.0944 e. The largest absolute Gasteiger partial charge is 0.330 e. The van der Waals surface area contributed by atoms with E-state index in [4.69, 9.17) is 0 Å². The van der Waals surface area contributed by atoms with Crippen LogP contribution in [0.15, 0.2) is 0 Å². The summed E-state index contributed by atoms with van der Waals surface area (Å²) in [5.74, 6) is 0. The van der Waals surface area contributed by atoms with E-state index in [0.717, 1.165) is 11.2 Å². The normalized spacial score (nSPS) is 16.7. The Labute approximate surface area is 64.1 Å². The van der Waals surface area contributed by atoms with Crippen LogP contribution in [-0.4, -0.2) is 37.6 Å². The van der Waals surface area contributed by atoms with E-state index < -0.39 is 0 Å². The lowest BCUT2D eigenvalue weighted by molar-refractivity contribution is 0.439. The van der Waals surface area contributed by atoms with E-state index in [2.05, 4.69) is 32.4 Å². The van der Waals surface area contributed by atoms with E-state index in [9.17, 15) is 0 Å². The van der Waals surface area contributed by atoms with E-state index in [1.165, 1.54) is 10.2 Å². The van der Waals surface area contributed by atoms with Gasteiger partial charge in [-0.3, -0.25) is 0 Å². The van der Waals surface area contributed by atoms with Crippen LogP contribution in [0.5, 0.6) is 0 Å². The molecule has 0 rings (SSSR count). The first kappa shape index (κ1) is 9.39. The Hall–Kier alpha value is 0.394. The molecule has 0 spiro atoms. The molecular formula is C6H19NSi2. The van der Waals surface area contributed by atoms with Crippen LogP contribution < -0.4 is 0 Å². The molecule has 0 aromatic heterocycles. The number of hydrogen-bond donors (Lipinski definition) is 0. The average Bonchev–Trinajstić information content (AvgIpc) is 1.63. The molecule has 56 valence electrons. The molecule has 0 saturated carbocycles. The van der Waals surface area contributed by atoms with Crippen molar-refractivity contribution in [2.75, 3.05) is 7.05 Å². The molecule has 9 heavy (non-hydrogen) atoms. The van der Waals surface area contributed by atoms with Gasteiger partial charge in [-0.2, -0.15) is 0 Å². The van der Waals surface area contributed by atoms with Gasteiger partial charge in [0.25, 0.3) is 0 Å². The highest BCUT2D eigenvalue weighted by Gasteiger charge is 2.04. The molecule has 0 fully saturated rings. The predicted molar refractivity (Wildman–Crippen MR) is 50.8 cm³/mol. The molecule has 1 atom stereocenters. The fourth-order valence-corrected chi connectivity index (χ4v) is 4.09. The SMILES string of the molecule is CC([SiH3])[SiH2]N(C)C(C)C. The Kier molecular flexibility index (Phi) is 4.43. The molecule has 0 aliphatic heterocycles. The molecule has 1 unspecified atom stereocenters. The summed E-state index contributed by atoms with van der Waals surface area (Å²) in [5.41, 5.74) is 0. The summed E-state index contributed by atoms with van der Waals surface area (Å²) in [6, 6.07) is 0.771. The molecule has 1 nitrogen and oxygen atoms in total. The van der Waals surface area contributed by atoms with Crippen molar-refractivity contribution in [3.05, 3.63) is 0 Å². The van der Waals surface area contributed by atoms with Crippen molar-refractivity contribution < 1.29 is 0 Å². The molecule has 0 saturated heterocycles. The molecule has 0 radical (unpaired) electrons. The van der Waals surface area contributed by atoms with Gasteiger partial charge in [-0.05, 0) is 13.1 Å². The summed E-state index contributed by atoms with van der Waals surface area (Å²) >= 11 is 0. The minimum absolute atomic E-state index is 0.118. The van der Waals surface area contributed by atoms with Crippen LogP contribution in [0.4, 0.5) is 0 Å². The third-order valence-electron chi connectivity index (χ3n) is 1.53. The quantitative estimate of drug-likeness (QED) is 0.507. The van der Waals surface area contributed by atoms with Crippen molar-refractivity contribution in [2.45, 2.75) is 32.0 Å². The van der Waals surface area contributed by atoms with Gasteiger partial charge in [0.05, 0.1) is 9.68 Å². The average molecular weight is 161 g/mol. The van der Waals surface area contributed by atoms with Crippen molar-refractivity contribution in [3.8, 4) is 0 Å². The van der Waals surface area contributed by atoms with E-state index in [1.54, 1.807) is 0 Å². The number of nitrogens with zero attached hydrogens (tertiary/aromatic N) is 1. The minimum atomic E-state index is 0.118. The third kappa shape index (κ3) is 4.87. The van der Waals surface area contributed by atoms with E-state index in [-0.39, 0.29) is 9.68 Å². The zero-order chi connectivity index (χ0) is 7.44. The van der Waals surface area contributed by atoms with Gasteiger partial charge in [-0.25, -0.2) is 0 Å². The lowest BCUT2D eigenvalue weighted by Gasteiger charge is -2.22.